The first kappa shape index (κ1) is 23.4. The molecule has 0 bridgehead atoms. The third kappa shape index (κ3) is 6.15. The van der Waals surface area contributed by atoms with Crippen LogP contribution in [0.25, 0.3) is 0 Å². The monoisotopic (exact) mass is 437 g/mol. The lowest BCUT2D eigenvalue weighted by Gasteiger charge is -2.31. The molecular formula is C25H31N3O4. The number of hydrogen-bond donors (Lipinski definition) is 1. The third-order valence-corrected chi connectivity index (χ3v) is 6.08. The Bertz CT molecular complexity index is 969. The van der Waals surface area contributed by atoms with E-state index in [4.69, 9.17) is 0 Å². The van der Waals surface area contributed by atoms with E-state index in [2.05, 4.69) is 5.32 Å². The van der Waals surface area contributed by atoms with Gasteiger partial charge >= 0.3 is 0 Å². The van der Waals surface area contributed by atoms with E-state index < -0.39 is 11.0 Å². The summed E-state index contributed by atoms with van der Waals surface area (Å²) in [5.74, 6) is -0.493. The minimum atomic E-state index is -0.687. The van der Waals surface area contributed by atoms with Crippen LogP contribution in [0.4, 0.5) is 5.69 Å². The van der Waals surface area contributed by atoms with E-state index in [0.717, 1.165) is 36.8 Å². The first-order chi connectivity index (χ1) is 15.3. The molecular weight excluding hydrogens is 406 g/mol. The van der Waals surface area contributed by atoms with Crippen molar-refractivity contribution in [1.82, 2.24) is 10.2 Å². The fraction of sp³-hybridized carbons (Fsp3) is 0.440. The Kier molecular flexibility index (Phi) is 7.98. The Morgan fingerprint density at radius 2 is 1.84 bits per heavy atom. The topological polar surface area (TPSA) is 92.6 Å². The number of nitro groups is 1. The lowest BCUT2D eigenvalue weighted by Crippen LogP contribution is -2.50. The van der Waals surface area contributed by atoms with Crippen LogP contribution in [0.2, 0.25) is 0 Å². The molecule has 7 nitrogen and oxygen atoms in total. The molecule has 0 saturated heterocycles. The molecule has 0 heterocycles. The summed E-state index contributed by atoms with van der Waals surface area (Å²) in [5, 5.41) is 14.5. The number of benzene rings is 2. The summed E-state index contributed by atoms with van der Waals surface area (Å²) in [5.41, 5.74) is 2.23. The predicted molar refractivity (Wildman–Crippen MR) is 123 cm³/mol. The van der Waals surface area contributed by atoms with E-state index in [-0.39, 0.29) is 36.5 Å². The molecule has 1 saturated carbocycles. The van der Waals surface area contributed by atoms with Gasteiger partial charge in [-0.3, -0.25) is 19.7 Å². The summed E-state index contributed by atoms with van der Waals surface area (Å²) in [7, 11) is 0. The van der Waals surface area contributed by atoms with Crippen LogP contribution in [0.3, 0.4) is 0 Å². The number of aryl methyl sites for hydroxylation is 1. The zero-order chi connectivity index (χ0) is 23.1. The third-order valence-electron chi connectivity index (χ3n) is 6.08. The zero-order valence-electron chi connectivity index (χ0n) is 18.8. The summed E-state index contributed by atoms with van der Waals surface area (Å²) in [6.07, 6.45) is 5.17. The summed E-state index contributed by atoms with van der Waals surface area (Å²) in [4.78, 5) is 38.8. The molecule has 0 aliphatic heterocycles. The van der Waals surface area contributed by atoms with Crippen molar-refractivity contribution in [2.24, 2.45) is 0 Å². The van der Waals surface area contributed by atoms with Crippen molar-refractivity contribution in [2.75, 3.05) is 0 Å². The molecule has 0 aromatic heterocycles. The van der Waals surface area contributed by atoms with Crippen LogP contribution in [0, 0.1) is 17.0 Å². The fourth-order valence-corrected chi connectivity index (χ4v) is 4.26. The molecule has 1 aliphatic rings. The van der Waals surface area contributed by atoms with E-state index in [1.54, 1.807) is 25.1 Å². The standard InChI is InChI=1S/C25H31N3O4/c1-18-9-8-10-20(15-18)17-27(19(2)25(30)26-22-12-4-3-5-13-22)24(29)16-21-11-6-7-14-23(21)28(31)32/h6-11,14-15,19,22H,3-5,12-13,16-17H2,1-2H3,(H,26,30)/t19-/m1/s1. The molecule has 1 aliphatic carbocycles. The van der Waals surface area contributed by atoms with E-state index in [0.29, 0.717) is 5.56 Å². The molecule has 1 N–H and O–H groups in total. The quantitative estimate of drug-likeness (QED) is 0.492. The maximum absolute atomic E-state index is 13.3. The number of carbonyl (C=O) groups excluding carboxylic acids is 2. The van der Waals surface area contributed by atoms with Crippen molar-refractivity contribution in [3.8, 4) is 0 Å². The predicted octanol–water partition coefficient (Wildman–Crippen LogP) is 4.31. The smallest absolute Gasteiger partial charge is 0.273 e. The Labute approximate surface area is 189 Å². The molecule has 3 rings (SSSR count). The van der Waals surface area contributed by atoms with E-state index in [9.17, 15) is 19.7 Å². The number of nitro benzene ring substituents is 1. The number of para-hydroxylation sites is 1. The number of nitrogens with one attached hydrogen (secondary N) is 1. The maximum Gasteiger partial charge on any atom is 0.273 e. The lowest BCUT2D eigenvalue weighted by atomic mass is 9.95. The highest BCUT2D eigenvalue weighted by molar-refractivity contribution is 5.88. The molecule has 170 valence electrons. The number of rotatable bonds is 8. The van der Waals surface area contributed by atoms with Crippen molar-refractivity contribution in [1.29, 1.82) is 0 Å². The van der Waals surface area contributed by atoms with Gasteiger partial charge in [0.2, 0.25) is 11.8 Å². The maximum atomic E-state index is 13.3. The highest BCUT2D eigenvalue weighted by Gasteiger charge is 2.29. The summed E-state index contributed by atoms with van der Waals surface area (Å²) in [6, 6.07) is 13.5. The van der Waals surface area contributed by atoms with Crippen molar-refractivity contribution < 1.29 is 14.5 Å². The highest BCUT2D eigenvalue weighted by Crippen LogP contribution is 2.21. The normalized spacial score (nSPS) is 15.1. The average Bonchev–Trinajstić information content (AvgIpc) is 2.78. The van der Waals surface area contributed by atoms with Crippen LogP contribution in [0.1, 0.15) is 55.7 Å². The second kappa shape index (κ2) is 10.9. The van der Waals surface area contributed by atoms with Crippen LogP contribution < -0.4 is 5.32 Å². The second-order valence-electron chi connectivity index (χ2n) is 8.59. The Morgan fingerprint density at radius 1 is 1.12 bits per heavy atom. The Balaban J connectivity index is 1.81. The summed E-state index contributed by atoms with van der Waals surface area (Å²) < 4.78 is 0. The molecule has 0 spiro atoms. The van der Waals surface area contributed by atoms with Gasteiger partial charge in [-0.25, -0.2) is 0 Å². The van der Waals surface area contributed by atoms with Crippen molar-refractivity contribution >= 4 is 17.5 Å². The molecule has 2 aromatic carbocycles. The van der Waals surface area contributed by atoms with Gasteiger partial charge in [0.05, 0.1) is 11.3 Å². The van der Waals surface area contributed by atoms with E-state index in [1.165, 1.54) is 17.4 Å². The molecule has 0 unspecified atom stereocenters. The molecule has 1 fully saturated rings. The van der Waals surface area contributed by atoms with Gasteiger partial charge in [0.15, 0.2) is 0 Å². The van der Waals surface area contributed by atoms with Crippen molar-refractivity contribution in [3.63, 3.8) is 0 Å². The van der Waals surface area contributed by atoms with Crippen LogP contribution in [0.15, 0.2) is 48.5 Å². The van der Waals surface area contributed by atoms with Gasteiger partial charge in [0, 0.05) is 24.2 Å². The zero-order valence-corrected chi connectivity index (χ0v) is 18.8. The number of hydrogen-bond acceptors (Lipinski definition) is 4. The van der Waals surface area contributed by atoms with Gasteiger partial charge in [-0.2, -0.15) is 0 Å². The van der Waals surface area contributed by atoms with Crippen LogP contribution in [0.5, 0.6) is 0 Å². The Morgan fingerprint density at radius 3 is 2.53 bits per heavy atom. The lowest BCUT2D eigenvalue weighted by molar-refractivity contribution is -0.385. The average molecular weight is 438 g/mol. The van der Waals surface area contributed by atoms with Gasteiger partial charge in [-0.15, -0.1) is 0 Å². The Hall–Kier alpha value is -3.22. The van der Waals surface area contributed by atoms with Gasteiger partial charge in [0.1, 0.15) is 6.04 Å². The van der Waals surface area contributed by atoms with E-state index >= 15 is 0 Å². The molecule has 2 aromatic rings. The molecule has 7 heteroatoms. The minimum absolute atomic E-state index is 0.0873. The first-order valence-corrected chi connectivity index (χ1v) is 11.2. The van der Waals surface area contributed by atoms with Crippen LogP contribution in [-0.4, -0.2) is 33.7 Å². The minimum Gasteiger partial charge on any atom is -0.352 e. The van der Waals surface area contributed by atoms with Crippen LogP contribution >= 0.6 is 0 Å². The van der Waals surface area contributed by atoms with Crippen LogP contribution in [-0.2, 0) is 22.6 Å². The molecule has 32 heavy (non-hydrogen) atoms. The number of carbonyl (C=O) groups is 2. The molecule has 0 radical (unpaired) electrons. The largest absolute Gasteiger partial charge is 0.352 e. The van der Waals surface area contributed by atoms with E-state index in [1.807, 2.05) is 31.2 Å². The van der Waals surface area contributed by atoms with Gasteiger partial charge in [0.25, 0.3) is 5.69 Å². The number of nitrogens with zero attached hydrogens (tertiary/aromatic N) is 2. The SMILES string of the molecule is Cc1cccc(CN(C(=O)Cc2ccccc2[N+](=O)[O-])[C@H](C)C(=O)NC2CCCCC2)c1. The van der Waals surface area contributed by atoms with Gasteiger partial charge < -0.3 is 10.2 Å². The van der Waals surface area contributed by atoms with Gasteiger partial charge in [-0.1, -0.05) is 67.3 Å². The van der Waals surface area contributed by atoms with Crippen molar-refractivity contribution in [3.05, 3.63) is 75.3 Å². The summed E-state index contributed by atoms with van der Waals surface area (Å²) in [6.45, 7) is 3.97. The number of amides is 2. The second-order valence-corrected chi connectivity index (χ2v) is 8.59. The molecule has 1 atom stereocenters. The van der Waals surface area contributed by atoms with Crippen molar-refractivity contribution in [2.45, 2.75) is 71.0 Å². The highest BCUT2D eigenvalue weighted by atomic mass is 16.6. The first-order valence-electron chi connectivity index (χ1n) is 11.2. The summed E-state index contributed by atoms with van der Waals surface area (Å²) >= 11 is 0. The fourth-order valence-electron chi connectivity index (χ4n) is 4.26. The van der Waals surface area contributed by atoms with Gasteiger partial charge in [-0.05, 0) is 32.3 Å². The molecule has 2 amide bonds.